The maximum atomic E-state index is 2.45. The second-order valence-corrected chi connectivity index (χ2v) is 14.0. The third kappa shape index (κ3) is 4.04. The van der Waals surface area contributed by atoms with Gasteiger partial charge in [0.05, 0.1) is 0 Å². The van der Waals surface area contributed by atoms with E-state index < -0.39 is 0 Å². The Morgan fingerprint density at radius 2 is 0.816 bits per heavy atom. The van der Waals surface area contributed by atoms with Crippen LogP contribution in [0, 0.1) is 0 Å². The Balaban J connectivity index is 1.28. The van der Waals surface area contributed by atoms with Gasteiger partial charge in [0.25, 0.3) is 0 Å². The number of benzene rings is 9. The molecule has 49 heavy (non-hydrogen) atoms. The van der Waals surface area contributed by atoms with Crippen molar-refractivity contribution in [2.75, 3.05) is 0 Å². The van der Waals surface area contributed by atoms with Crippen molar-refractivity contribution in [3.63, 3.8) is 0 Å². The van der Waals surface area contributed by atoms with Crippen molar-refractivity contribution in [1.29, 1.82) is 0 Å². The van der Waals surface area contributed by atoms with E-state index >= 15 is 0 Å². The zero-order chi connectivity index (χ0) is 32.7. The first-order valence-electron chi connectivity index (χ1n) is 17.3. The van der Waals surface area contributed by atoms with E-state index in [1.807, 2.05) is 0 Å². The second-order valence-electron chi connectivity index (χ2n) is 14.0. The molecule has 0 heteroatoms. The van der Waals surface area contributed by atoms with Crippen molar-refractivity contribution >= 4 is 43.1 Å². The number of rotatable bonds is 3. The molecule has 0 aliphatic heterocycles. The average Bonchev–Trinajstić information content (AvgIpc) is 3.38. The van der Waals surface area contributed by atoms with Crippen LogP contribution in [0.15, 0.2) is 170 Å². The molecule has 0 saturated heterocycles. The molecule has 1 aliphatic carbocycles. The number of fused-ring (bicyclic) bond motifs is 7. The normalized spacial score (nSPS) is 13.3. The quantitative estimate of drug-likeness (QED) is 0.172. The highest BCUT2D eigenvalue weighted by Gasteiger charge is 2.38. The van der Waals surface area contributed by atoms with Gasteiger partial charge in [-0.15, -0.1) is 0 Å². The van der Waals surface area contributed by atoms with E-state index in [1.165, 1.54) is 98.7 Å². The van der Waals surface area contributed by atoms with Crippen molar-refractivity contribution < 1.29 is 0 Å². The molecule has 0 radical (unpaired) electrons. The van der Waals surface area contributed by atoms with Gasteiger partial charge in [0.2, 0.25) is 0 Å². The van der Waals surface area contributed by atoms with E-state index in [0.29, 0.717) is 0 Å². The summed E-state index contributed by atoms with van der Waals surface area (Å²) in [6, 6.07) is 63.1. The van der Waals surface area contributed by atoms with Gasteiger partial charge in [-0.05, 0) is 111 Å². The van der Waals surface area contributed by atoms with Crippen molar-refractivity contribution in [2.45, 2.75) is 19.3 Å². The van der Waals surface area contributed by atoms with Crippen molar-refractivity contribution in [1.82, 2.24) is 0 Å². The van der Waals surface area contributed by atoms with Gasteiger partial charge in [-0.2, -0.15) is 0 Å². The largest absolute Gasteiger partial charge is 0.0619 e. The fourth-order valence-corrected chi connectivity index (χ4v) is 8.91. The van der Waals surface area contributed by atoms with Crippen molar-refractivity contribution in [3.8, 4) is 44.5 Å². The monoisotopic (exact) mass is 622 g/mol. The zero-order valence-corrected chi connectivity index (χ0v) is 27.7. The summed E-state index contributed by atoms with van der Waals surface area (Å²) < 4.78 is 0. The predicted molar refractivity (Wildman–Crippen MR) is 210 cm³/mol. The Kier molecular flexibility index (Phi) is 6.02. The van der Waals surface area contributed by atoms with Crippen LogP contribution in [0.25, 0.3) is 87.6 Å². The molecule has 0 fully saturated rings. The van der Waals surface area contributed by atoms with Gasteiger partial charge in [-0.1, -0.05) is 172 Å². The molecule has 230 valence electrons. The lowest BCUT2D eigenvalue weighted by atomic mass is 9.77. The topological polar surface area (TPSA) is 0 Å². The first kappa shape index (κ1) is 28.1. The van der Waals surface area contributed by atoms with E-state index in [-0.39, 0.29) is 5.41 Å². The third-order valence-electron chi connectivity index (χ3n) is 11.0. The minimum Gasteiger partial charge on any atom is -0.0619 e. The molecule has 0 spiro atoms. The molecule has 0 atom stereocenters. The van der Waals surface area contributed by atoms with Crippen LogP contribution in [0.1, 0.15) is 25.0 Å². The molecule has 0 unspecified atom stereocenters. The van der Waals surface area contributed by atoms with Crippen LogP contribution < -0.4 is 0 Å². The van der Waals surface area contributed by atoms with E-state index in [9.17, 15) is 0 Å². The SMILES string of the molecule is CC1(C)c2ccccc2-c2cc3ccccc3c(-c3cccc(-c4c5ccccc5c(-c5cccc6ccccc56)c5ccccc45)c3)c21. The van der Waals surface area contributed by atoms with Gasteiger partial charge < -0.3 is 0 Å². The molecule has 0 bridgehead atoms. The average molecular weight is 623 g/mol. The Morgan fingerprint density at radius 3 is 1.53 bits per heavy atom. The van der Waals surface area contributed by atoms with E-state index in [2.05, 4.69) is 184 Å². The summed E-state index contributed by atoms with van der Waals surface area (Å²) in [5.41, 5.74) is 13.1. The van der Waals surface area contributed by atoms with Crippen LogP contribution in [-0.4, -0.2) is 0 Å². The fourth-order valence-electron chi connectivity index (χ4n) is 8.91. The van der Waals surface area contributed by atoms with Gasteiger partial charge in [0.15, 0.2) is 0 Å². The zero-order valence-electron chi connectivity index (χ0n) is 27.7. The highest BCUT2D eigenvalue weighted by Crippen LogP contribution is 2.55. The van der Waals surface area contributed by atoms with Gasteiger partial charge in [0, 0.05) is 5.41 Å². The Labute approximate surface area is 286 Å². The maximum Gasteiger partial charge on any atom is 0.0165 e. The van der Waals surface area contributed by atoms with Crippen LogP contribution in [0.3, 0.4) is 0 Å². The molecule has 0 heterocycles. The van der Waals surface area contributed by atoms with E-state index in [4.69, 9.17) is 0 Å². The molecule has 0 nitrogen and oxygen atoms in total. The Bertz CT molecular complexity index is 2730. The molecule has 10 rings (SSSR count). The first-order chi connectivity index (χ1) is 24.1. The number of hydrogen-bond donors (Lipinski definition) is 0. The van der Waals surface area contributed by atoms with Crippen LogP contribution >= 0.6 is 0 Å². The summed E-state index contributed by atoms with van der Waals surface area (Å²) in [6.45, 7) is 4.79. The second kappa shape index (κ2) is 10.5. The van der Waals surface area contributed by atoms with Gasteiger partial charge in [-0.3, -0.25) is 0 Å². The molecule has 1 aliphatic rings. The molecule has 0 saturated carbocycles. The summed E-state index contributed by atoms with van der Waals surface area (Å²) >= 11 is 0. The molecule has 9 aromatic rings. The van der Waals surface area contributed by atoms with Gasteiger partial charge in [0.1, 0.15) is 0 Å². The summed E-state index contributed by atoms with van der Waals surface area (Å²) in [5, 5.41) is 10.2. The molecular weight excluding hydrogens is 589 g/mol. The minimum absolute atomic E-state index is 0.124. The molecule has 0 aromatic heterocycles. The molecule has 0 amide bonds. The lowest BCUT2D eigenvalue weighted by Gasteiger charge is -2.26. The smallest absolute Gasteiger partial charge is 0.0165 e. The van der Waals surface area contributed by atoms with Gasteiger partial charge >= 0.3 is 0 Å². The summed E-state index contributed by atoms with van der Waals surface area (Å²) in [5.74, 6) is 0. The van der Waals surface area contributed by atoms with Crippen molar-refractivity contribution in [2.24, 2.45) is 0 Å². The fraction of sp³-hybridized carbons (Fsp3) is 0.0612. The van der Waals surface area contributed by atoms with E-state index in [1.54, 1.807) is 0 Å². The maximum absolute atomic E-state index is 2.45. The molecular formula is C49H34. The van der Waals surface area contributed by atoms with Crippen LogP contribution in [-0.2, 0) is 5.41 Å². The standard InChI is InChI=1S/C49H34/c1-49(2)44-28-12-11-22-37(44)43-30-32-16-4-6-21-36(32)46(48(43)49)34-19-13-18-33(29-34)45-39-23-7-9-25-41(39)47(42-26-10-8-24-40(42)45)38-27-14-17-31-15-3-5-20-35(31)38/h3-30H,1-2H3. The van der Waals surface area contributed by atoms with Crippen LogP contribution in [0.4, 0.5) is 0 Å². The lowest BCUT2D eigenvalue weighted by molar-refractivity contribution is 0.663. The summed E-state index contributed by atoms with van der Waals surface area (Å²) in [4.78, 5) is 0. The minimum atomic E-state index is -0.124. The van der Waals surface area contributed by atoms with Crippen LogP contribution in [0.5, 0.6) is 0 Å². The summed E-state index contributed by atoms with van der Waals surface area (Å²) in [6.07, 6.45) is 0. The predicted octanol–water partition coefficient (Wildman–Crippen LogP) is 13.6. The Morgan fingerprint density at radius 1 is 0.327 bits per heavy atom. The molecule has 9 aromatic carbocycles. The Hall–Kier alpha value is -5.98. The first-order valence-corrected chi connectivity index (χ1v) is 17.3. The molecule has 0 N–H and O–H groups in total. The highest BCUT2D eigenvalue weighted by molar-refractivity contribution is 6.23. The van der Waals surface area contributed by atoms with Crippen molar-refractivity contribution in [3.05, 3.63) is 181 Å². The lowest BCUT2D eigenvalue weighted by Crippen LogP contribution is -2.16. The van der Waals surface area contributed by atoms with Gasteiger partial charge in [-0.25, -0.2) is 0 Å². The third-order valence-corrected chi connectivity index (χ3v) is 11.0. The number of hydrogen-bond acceptors (Lipinski definition) is 0. The van der Waals surface area contributed by atoms with E-state index in [0.717, 1.165) is 0 Å². The summed E-state index contributed by atoms with van der Waals surface area (Å²) in [7, 11) is 0. The highest BCUT2D eigenvalue weighted by atomic mass is 14.4. The van der Waals surface area contributed by atoms with Crippen LogP contribution in [0.2, 0.25) is 0 Å².